The van der Waals surface area contributed by atoms with Crippen LogP contribution in [0.5, 0.6) is 5.75 Å². The SMILES string of the molecule is O=S(=O)(O)c1cccc(Nc2nc(Cl)nc(Nc3cc(S(=O)(=O)O)cc4cc(S(O)(O)O)c(N=Nc5ccc(S(=O)(=O)CCOS(O)(O)O)cc5)c(O)c34)n2)c1. The van der Waals surface area contributed by atoms with E-state index in [-0.39, 0.29) is 33.0 Å². The van der Waals surface area contributed by atoms with Gasteiger partial charge in [0.15, 0.2) is 15.6 Å². The molecule has 0 fully saturated rings. The molecule has 0 aliphatic heterocycles. The summed E-state index contributed by atoms with van der Waals surface area (Å²) in [5.74, 6) is -2.49. The number of sulfone groups is 1. The summed E-state index contributed by atoms with van der Waals surface area (Å²) in [6.45, 7) is -0.769. The lowest BCUT2D eigenvalue weighted by Gasteiger charge is -2.23. The molecule has 302 valence electrons. The maximum Gasteiger partial charge on any atom is 0.294 e. The molecule has 1 aromatic heterocycles. The smallest absolute Gasteiger partial charge is 0.294 e. The van der Waals surface area contributed by atoms with E-state index >= 15 is 0 Å². The highest BCUT2D eigenvalue weighted by Crippen LogP contribution is 2.55. The van der Waals surface area contributed by atoms with Crippen molar-refractivity contribution in [3.63, 3.8) is 0 Å². The van der Waals surface area contributed by atoms with Crippen LogP contribution >= 0.6 is 33.6 Å². The standard InChI is InChI=1S/C27H26ClN7O16S5/c28-25-31-26(29-16-2-1-3-18(12-16)53(39,40)41)33-27(32-25)30-20-13-19(54(42,43)44)10-14-11-21(55(45,46)47)23(24(36)22(14)20)35-34-15-4-6-17(7-5-15)52(37,38)9-8-51-56(48,49)50/h1-7,10-13,36,45-50H,8-9H2,(H,39,40,41)(H,42,43,44)(H2,29,30,31,32,33). The van der Waals surface area contributed by atoms with E-state index in [4.69, 9.17) is 25.3 Å². The third-order valence-electron chi connectivity index (χ3n) is 7.01. The zero-order chi connectivity index (χ0) is 41.4. The van der Waals surface area contributed by atoms with Gasteiger partial charge in [0, 0.05) is 11.1 Å². The minimum absolute atomic E-state index is 0.0568. The van der Waals surface area contributed by atoms with Crippen LogP contribution in [0.3, 0.4) is 0 Å². The van der Waals surface area contributed by atoms with Gasteiger partial charge in [-0.15, -0.1) is 5.11 Å². The van der Waals surface area contributed by atoms with Gasteiger partial charge in [0.25, 0.3) is 20.2 Å². The predicted molar refractivity (Wildman–Crippen MR) is 201 cm³/mol. The first-order valence-electron chi connectivity index (χ1n) is 14.5. The Morgan fingerprint density at radius 2 is 1.32 bits per heavy atom. The molecule has 0 saturated heterocycles. The average Bonchev–Trinajstić information content (AvgIpc) is 3.05. The van der Waals surface area contributed by atoms with Crippen LogP contribution in [0.25, 0.3) is 10.8 Å². The van der Waals surface area contributed by atoms with E-state index in [0.717, 1.165) is 54.6 Å². The number of anilines is 4. The molecular formula is C27H26ClN7O16S5. The molecule has 0 bridgehead atoms. The second-order valence-electron chi connectivity index (χ2n) is 10.9. The van der Waals surface area contributed by atoms with Gasteiger partial charge in [-0.05, 0) is 77.7 Å². The second-order valence-corrected chi connectivity index (χ2v) is 18.9. The average molecular weight is 900 g/mol. The lowest BCUT2D eigenvalue weighted by atomic mass is 10.1. The van der Waals surface area contributed by atoms with Gasteiger partial charge in [-0.2, -0.15) is 36.9 Å². The predicted octanol–water partition coefficient (Wildman–Crippen LogP) is 6.29. The molecule has 0 amide bonds. The van der Waals surface area contributed by atoms with Crippen LogP contribution in [0.2, 0.25) is 5.28 Å². The molecule has 1 heterocycles. The topological polar surface area (TPSA) is 381 Å². The van der Waals surface area contributed by atoms with E-state index in [1.54, 1.807) is 0 Å². The van der Waals surface area contributed by atoms with Crippen LogP contribution in [-0.4, -0.2) is 94.1 Å². The number of halogens is 1. The van der Waals surface area contributed by atoms with Gasteiger partial charge in [-0.1, -0.05) is 6.07 Å². The molecule has 29 heteroatoms. The van der Waals surface area contributed by atoms with Gasteiger partial charge in [0.1, 0.15) is 16.6 Å². The maximum absolute atomic E-state index is 12.6. The summed E-state index contributed by atoms with van der Waals surface area (Å²) in [6, 6.07) is 11.6. The van der Waals surface area contributed by atoms with Crippen LogP contribution in [0, 0.1) is 0 Å². The van der Waals surface area contributed by atoms with Gasteiger partial charge < -0.3 is 29.4 Å². The Morgan fingerprint density at radius 1 is 0.696 bits per heavy atom. The number of nitrogens with one attached hydrogen (secondary N) is 2. The van der Waals surface area contributed by atoms with Gasteiger partial charge >= 0.3 is 0 Å². The van der Waals surface area contributed by atoms with Crippen molar-refractivity contribution < 1.29 is 71.0 Å². The Balaban J connectivity index is 1.57. The number of aromatic nitrogens is 3. The Bertz CT molecular complexity index is 2700. The third kappa shape index (κ3) is 10.7. The van der Waals surface area contributed by atoms with E-state index in [9.17, 15) is 53.1 Å². The van der Waals surface area contributed by atoms with E-state index in [2.05, 4.69) is 40.0 Å². The van der Waals surface area contributed by atoms with Gasteiger partial charge in [-0.25, -0.2) is 8.42 Å². The molecule has 0 atom stereocenters. The molecule has 0 aliphatic carbocycles. The van der Waals surface area contributed by atoms with Crippen LogP contribution in [0.1, 0.15) is 0 Å². The van der Waals surface area contributed by atoms with Crippen molar-refractivity contribution in [3.05, 3.63) is 72.0 Å². The normalized spacial score (nSPS) is 13.6. The van der Waals surface area contributed by atoms with Crippen molar-refractivity contribution in [1.29, 1.82) is 0 Å². The molecule has 23 nitrogen and oxygen atoms in total. The van der Waals surface area contributed by atoms with Crippen LogP contribution in [0.15, 0.2) is 96.5 Å². The monoisotopic (exact) mass is 899 g/mol. The van der Waals surface area contributed by atoms with Crippen molar-refractivity contribution >= 4 is 109 Å². The molecule has 0 unspecified atom stereocenters. The summed E-state index contributed by atoms with van der Waals surface area (Å²) < 4.78 is 154. The van der Waals surface area contributed by atoms with Crippen molar-refractivity contribution in [1.82, 2.24) is 15.0 Å². The summed E-state index contributed by atoms with van der Waals surface area (Å²) >= 11 is 1.68. The number of aromatic hydroxyl groups is 1. The van der Waals surface area contributed by atoms with E-state index in [0.29, 0.717) is 0 Å². The lowest BCUT2D eigenvalue weighted by Crippen LogP contribution is -2.14. The second kappa shape index (κ2) is 15.9. The largest absolute Gasteiger partial charge is 0.505 e. The number of nitrogens with zero attached hydrogens (tertiary/aromatic N) is 5. The number of fused-ring (bicyclic) bond motifs is 1. The molecule has 11 N–H and O–H groups in total. The fraction of sp³-hybridized carbons (Fsp3) is 0.0741. The highest BCUT2D eigenvalue weighted by molar-refractivity contribution is 8.19. The molecule has 0 saturated carbocycles. The number of hydrogen-bond acceptors (Lipinski definition) is 21. The first kappa shape index (κ1) is 42.8. The number of benzene rings is 4. The van der Waals surface area contributed by atoms with Gasteiger partial charge in [-0.3, -0.25) is 26.9 Å². The Hall–Kier alpha value is -4.37. The van der Waals surface area contributed by atoms with Crippen LogP contribution < -0.4 is 10.6 Å². The summed E-state index contributed by atoms with van der Waals surface area (Å²) in [5.41, 5.74) is -1.21. The van der Waals surface area contributed by atoms with Crippen LogP contribution in [-0.2, 0) is 34.3 Å². The summed E-state index contributed by atoms with van der Waals surface area (Å²) in [5, 5.41) is 23.2. The fourth-order valence-corrected chi connectivity index (χ4v) is 8.07. The lowest BCUT2D eigenvalue weighted by molar-refractivity contribution is 0.213. The van der Waals surface area contributed by atoms with Crippen molar-refractivity contribution in [3.8, 4) is 5.75 Å². The molecule has 0 spiro atoms. The quantitative estimate of drug-likeness (QED) is 0.0430. The number of phenolic OH excluding ortho intramolecular Hbond substituents is 1. The zero-order valence-corrected chi connectivity index (χ0v) is 32.1. The Morgan fingerprint density at radius 3 is 1.91 bits per heavy atom. The molecule has 56 heavy (non-hydrogen) atoms. The number of hydrogen-bond donors (Lipinski definition) is 11. The van der Waals surface area contributed by atoms with E-state index in [1.165, 1.54) is 12.1 Å². The summed E-state index contributed by atoms with van der Waals surface area (Å²) in [6.07, 6.45) is 0. The minimum Gasteiger partial charge on any atom is -0.505 e. The van der Waals surface area contributed by atoms with E-state index < -0.39 is 107 Å². The number of phenols is 1. The first-order valence-corrected chi connectivity index (χ1v) is 22.4. The molecule has 0 radical (unpaired) electrons. The van der Waals surface area contributed by atoms with Crippen LogP contribution in [0.4, 0.5) is 34.6 Å². The zero-order valence-electron chi connectivity index (χ0n) is 27.3. The third-order valence-corrected chi connectivity index (χ3v) is 11.9. The number of azo groups is 1. The first-order chi connectivity index (χ1) is 25.8. The molecule has 0 aliphatic rings. The molecule has 5 rings (SSSR count). The van der Waals surface area contributed by atoms with Gasteiger partial charge in [0.2, 0.25) is 28.3 Å². The molecule has 5 aromatic rings. The Labute approximate surface area is 324 Å². The summed E-state index contributed by atoms with van der Waals surface area (Å²) in [4.78, 5) is 9.37. The fourth-order valence-electron chi connectivity index (χ4n) is 4.66. The Kier molecular flexibility index (Phi) is 12.1. The van der Waals surface area contributed by atoms with E-state index in [1.807, 2.05) is 0 Å². The van der Waals surface area contributed by atoms with Crippen molar-refractivity contribution in [2.75, 3.05) is 23.0 Å². The van der Waals surface area contributed by atoms with Gasteiger partial charge in [0.05, 0.1) is 43.3 Å². The number of rotatable bonds is 14. The molecule has 4 aromatic carbocycles. The maximum atomic E-state index is 12.6. The minimum atomic E-state index is -5.01. The van der Waals surface area contributed by atoms with Crippen molar-refractivity contribution in [2.24, 2.45) is 10.2 Å². The van der Waals surface area contributed by atoms with Crippen molar-refractivity contribution in [2.45, 2.75) is 19.6 Å². The highest BCUT2D eigenvalue weighted by Gasteiger charge is 2.28. The summed E-state index contributed by atoms with van der Waals surface area (Å²) in [7, 11) is -18.5. The highest BCUT2D eigenvalue weighted by atomic mass is 35.5. The molecular weight excluding hydrogens is 874 g/mol.